The van der Waals surface area contributed by atoms with Crippen LogP contribution in [0.4, 0.5) is 5.95 Å². The lowest BCUT2D eigenvalue weighted by Gasteiger charge is -2.26. The first kappa shape index (κ1) is 14.3. The third-order valence-corrected chi connectivity index (χ3v) is 3.31. The highest BCUT2D eigenvalue weighted by atomic mass is 35.5. The summed E-state index contributed by atoms with van der Waals surface area (Å²) in [4.78, 5) is 14.4. The smallest absolute Gasteiger partial charge is 0.328 e. The van der Waals surface area contributed by atoms with E-state index in [0.717, 1.165) is 0 Å². The maximum atomic E-state index is 5.94. The van der Waals surface area contributed by atoms with Gasteiger partial charge in [-0.2, -0.15) is 15.0 Å². The van der Waals surface area contributed by atoms with E-state index in [-0.39, 0.29) is 11.3 Å². The van der Waals surface area contributed by atoms with E-state index >= 15 is 0 Å². The fraction of sp³-hybridized carbons (Fsp3) is 0.308. The van der Waals surface area contributed by atoms with Gasteiger partial charge in [-0.05, 0) is 35.9 Å². The van der Waals surface area contributed by atoms with Crippen LogP contribution in [-0.4, -0.2) is 41.3 Å². The fourth-order valence-electron chi connectivity index (χ4n) is 1.88. The summed E-state index contributed by atoms with van der Waals surface area (Å²) >= 11 is 11.8. The summed E-state index contributed by atoms with van der Waals surface area (Å²) in [6, 6.07) is 7.06. The van der Waals surface area contributed by atoms with Crippen molar-refractivity contribution in [2.24, 2.45) is 0 Å². The molecule has 0 atom stereocenters. The molecular formula is C13H12Cl2N4O2. The first-order chi connectivity index (χ1) is 10.2. The SMILES string of the molecule is Clc1ccc(Oc2nc(Cl)nc(N3CCOCC3)n2)cc1. The third-order valence-electron chi connectivity index (χ3n) is 2.89. The molecule has 1 aliphatic rings. The molecular weight excluding hydrogens is 315 g/mol. The van der Waals surface area contributed by atoms with Crippen LogP contribution in [0.5, 0.6) is 11.8 Å². The monoisotopic (exact) mass is 326 g/mol. The average Bonchev–Trinajstić information content (AvgIpc) is 2.50. The lowest BCUT2D eigenvalue weighted by atomic mass is 10.3. The normalized spacial score (nSPS) is 15.0. The van der Waals surface area contributed by atoms with Crippen molar-refractivity contribution in [2.75, 3.05) is 31.2 Å². The van der Waals surface area contributed by atoms with Crippen LogP contribution < -0.4 is 9.64 Å². The van der Waals surface area contributed by atoms with Gasteiger partial charge in [0.1, 0.15) is 5.75 Å². The number of anilines is 1. The van der Waals surface area contributed by atoms with Crippen LogP contribution in [0.3, 0.4) is 0 Å². The molecule has 2 aromatic rings. The molecule has 3 rings (SSSR count). The quantitative estimate of drug-likeness (QED) is 0.864. The standard InChI is InChI=1S/C13H12Cl2N4O2/c14-9-1-3-10(4-2-9)21-13-17-11(15)16-12(18-13)19-5-7-20-8-6-19/h1-4H,5-8H2. The molecule has 8 heteroatoms. The Morgan fingerprint density at radius 1 is 1.00 bits per heavy atom. The van der Waals surface area contributed by atoms with Gasteiger partial charge in [0.25, 0.3) is 0 Å². The molecule has 0 radical (unpaired) electrons. The average molecular weight is 327 g/mol. The van der Waals surface area contributed by atoms with Gasteiger partial charge in [0.05, 0.1) is 13.2 Å². The molecule has 0 amide bonds. The molecule has 1 fully saturated rings. The number of halogens is 2. The number of ether oxygens (including phenoxy) is 2. The molecule has 0 bridgehead atoms. The Morgan fingerprint density at radius 2 is 1.71 bits per heavy atom. The van der Waals surface area contributed by atoms with E-state index in [9.17, 15) is 0 Å². The summed E-state index contributed by atoms with van der Waals surface area (Å²) in [5.41, 5.74) is 0. The summed E-state index contributed by atoms with van der Waals surface area (Å²) in [6.45, 7) is 2.69. The maximum absolute atomic E-state index is 5.94. The van der Waals surface area contributed by atoms with Gasteiger partial charge >= 0.3 is 6.01 Å². The Kier molecular flexibility index (Phi) is 4.38. The van der Waals surface area contributed by atoms with Gasteiger partial charge < -0.3 is 14.4 Å². The van der Waals surface area contributed by atoms with Gasteiger partial charge in [-0.25, -0.2) is 0 Å². The Balaban J connectivity index is 1.81. The molecule has 1 aromatic carbocycles. The molecule has 0 N–H and O–H groups in total. The number of benzene rings is 1. The molecule has 0 aliphatic carbocycles. The molecule has 1 aliphatic heterocycles. The van der Waals surface area contributed by atoms with Crippen molar-refractivity contribution in [3.63, 3.8) is 0 Å². The number of hydrogen-bond donors (Lipinski definition) is 0. The first-order valence-electron chi connectivity index (χ1n) is 6.38. The second-order valence-electron chi connectivity index (χ2n) is 4.34. The summed E-state index contributed by atoms with van der Waals surface area (Å²) in [6.07, 6.45) is 0. The molecule has 1 aromatic heterocycles. The Hall–Kier alpha value is -1.63. The Labute approximate surface area is 131 Å². The van der Waals surface area contributed by atoms with Gasteiger partial charge in [-0.3, -0.25) is 0 Å². The van der Waals surface area contributed by atoms with Crippen LogP contribution in [0.1, 0.15) is 0 Å². The summed E-state index contributed by atoms with van der Waals surface area (Å²) < 4.78 is 10.9. The van der Waals surface area contributed by atoms with Crippen LogP contribution in [0.15, 0.2) is 24.3 Å². The molecule has 0 unspecified atom stereocenters. The van der Waals surface area contributed by atoms with E-state index in [4.69, 9.17) is 32.7 Å². The number of hydrogen-bond acceptors (Lipinski definition) is 6. The van der Waals surface area contributed by atoms with Gasteiger partial charge in [0.15, 0.2) is 0 Å². The largest absolute Gasteiger partial charge is 0.424 e. The van der Waals surface area contributed by atoms with Crippen molar-refractivity contribution in [1.82, 2.24) is 15.0 Å². The van der Waals surface area contributed by atoms with E-state index in [1.54, 1.807) is 24.3 Å². The van der Waals surface area contributed by atoms with Gasteiger partial charge in [-0.1, -0.05) is 11.6 Å². The molecule has 6 nitrogen and oxygen atoms in total. The topological polar surface area (TPSA) is 60.4 Å². The van der Waals surface area contributed by atoms with Crippen LogP contribution in [0.25, 0.3) is 0 Å². The predicted molar refractivity (Wildman–Crippen MR) is 79.4 cm³/mol. The van der Waals surface area contributed by atoms with E-state index < -0.39 is 0 Å². The number of rotatable bonds is 3. The minimum absolute atomic E-state index is 0.0930. The van der Waals surface area contributed by atoms with Crippen molar-refractivity contribution in [3.05, 3.63) is 34.6 Å². The number of nitrogens with zero attached hydrogens (tertiary/aromatic N) is 4. The zero-order valence-corrected chi connectivity index (χ0v) is 12.5. The molecule has 0 saturated carbocycles. The number of morpholine rings is 1. The molecule has 110 valence electrons. The highest BCUT2D eigenvalue weighted by Crippen LogP contribution is 2.23. The van der Waals surface area contributed by atoms with Crippen LogP contribution >= 0.6 is 23.2 Å². The van der Waals surface area contributed by atoms with E-state index in [2.05, 4.69) is 15.0 Å². The van der Waals surface area contributed by atoms with Gasteiger partial charge in [0.2, 0.25) is 11.2 Å². The third kappa shape index (κ3) is 3.72. The Bertz CT molecular complexity index is 618. The lowest BCUT2D eigenvalue weighted by molar-refractivity contribution is 0.122. The van der Waals surface area contributed by atoms with Crippen molar-refractivity contribution in [2.45, 2.75) is 0 Å². The van der Waals surface area contributed by atoms with Gasteiger partial charge in [0, 0.05) is 18.1 Å². The van der Waals surface area contributed by atoms with Crippen molar-refractivity contribution in [1.29, 1.82) is 0 Å². The molecule has 1 saturated heterocycles. The zero-order valence-electron chi connectivity index (χ0n) is 11.0. The minimum atomic E-state index is 0.0930. The highest BCUT2D eigenvalue weighted by molar-refractivity contribution is 6.30. The van der Waals surface area contributed by atoms with E-state index in [1.165, 1.54) is 0 Å². The molecule has 2 heterocycles. The number of aromatic nitrogens is 3. The second kappa shape index (κ2) is 6.43. The summed E-state index contributed by atoms with van der Waals surface area (Å²) in [5, 5.41) is 0.723. The van der Waals surface area contributed by atoms with Crippen LogP contribution in [-0.2, 0) is 4.74 Å². The van der Waals surface area contributed by atoms with Crippen LogP contribution in [0, 0.1) is 0 Å². The van der Waals surface area contributed by atoms with E-state index in [1.807, 2.05) is 4.90 Å². The van der Waals surface area contributed by atoms with Crippen LogP contribution in [0.2, 0.25) is 10.3 Å². The summed E-state index contributed by atoms with van der Waals surface area (Å²) in [7, 11) is 0. The first-order valence-corrected chi connectivity index (χ1v) is 7.14. The van der Waals surface area contributed by atoms with Gasteiger partial charge in [-0.15, -0.1) is 0 Å². The second-order valence-corrected chi connectivity index (χ2v) is 5.12. The molecule has 0 spiro atoms. The van der Waals surface area contributed by atoms with Crippen molar-refractivity contribution in [3.8, 4) is 11.8 Å². The lowest BCUT2D eigenvalue weighted by Crippen LogP contribution is -2.37. The highest BCUT2D eigenvalue weighted by Gasteiger charge is 2.16. The Morgan fingerprint density at radius 3 is 2.43 bits per heavy atom. The maximum Gasteiger partial charge on any atom is 0.328 e. The zero-order chi connectivity index (χ0) is 14.7. The molecule has 21 heavy (non-hydrogen) atoms. The fourth-order valence-corrected chi connectivity index (χ4v) is 2.15. The van der Waals surface area contributed by atoms with Crippen molar-refractivity contribution >= 4 is 29.2 Å². The van der Waals surface area contributed by atoms with E-state index in [0.29, 0.717) is 43.0 Å². The predicted octanol–water partition coefficient (Wildman–Crippen LogP) is 2.81. The van der Waals surface area contributed by atoms with Crippen molar-refractivity contribution < 1.29 is 9.47 Å². The summed E-state index contributed by atoms with van der Waals surface area (Å²) in [5.74, 6) is 1.07. The minimum Gasteiger partial charge on any atom is -0.424 e.